The van der Waals surface area contributed by atoms with Gasteiger partial charge in [0.15, 0.2) is 0 Å². The van der Waals surface area contributed by atoms with E-state index >= 15 is 0 Å². The molecular weight excluding hydrogens is 188 g/mol. The molecule has 1 aliphatic carbocycles. The van der Waals surface area contributed by atoms with Crippen LogP contribution in [0, 0.1) is 5.92 Å². The van der Waals surface area contributed by atoms with Crippen molar-refractivity contribution in [3.8, 4) is 0 Å². The second-order valence-corrected chi connectivity index (χ2v) is 4.68. The predicted octanol–water partition coefficient (Wildman–Crippen LogP) is 2.36. The minimum atomic E-state index is -0.228. The molecule has 0 aromatic carbocycles. The fourth-order valence-electron chi connectivity index (χ4n) is 2.34. The van der Waals surface area contributed by atoms with Gasteiger partial charge in [-0.3, -0.25) is 0 Å². The van der Waals surface area contributed by atoms with E-state index in [0.717, 1.165) is 22.8 Å². The topological polar surface area (TPSA) is 9.23 Å². The van der Waals surface area contributed by atoms with Crippen LogP contribution in [-0.4, -0.2) is 16.1 Å². The van der Waals surface area contributed by atoms with E-state index in [9.17, 15) is 0 Å². The Balaban J connectivity index is 2.53. The third-order valence-electron chi connectivity index (χ3n) is 3.40. The summed E-state index contributed by atoms with van der Waals surface area (Å²) >= 11 is 0. The van der Waals surface area contributed by atoms with Crippen molar-refractivity contribution in [3.05, 3.63) is 25.3 Å². The summed E-state index contributed by atoms with van der Waals surface area (Å²) in [6.45, 7) is 7.73. The van der Waals surface area contributed by atoms with Crippen LogP contribution in [0.1, 0.15) is 38.5 Å². The van der Waals surface area contributed by atoms with Gasteiger partial charge < -0.3 is 4.43 Å². The molecule has 0 atom stereocenters. The minimum Gasteiger partial charge on any atom is -0.416 e. The van der Waals surface area contributed by atoms with Crippen LogP contribution in [0.2, 0.25) is 0 Å². The highest BCUT2D eigenvalue weighted by Gasteiger charge is 2.26. The molecule has 1 aliphatic rings. The quantitative estimate of drug-likeness (QED) is 0.500. The Kier molecular flexibility index (Phi) is 4.62. The molecule has 0 spiro atoms. The summed E-state index contributed by atoms with van der Waals surface area (Å²) < 4.78 is 5.64. The van der Waals surface area contributed by atoms with Crippen LogP contribution in [0.5, 0.6) is 0 Å². The highest BCUT2D eigenvalue weighted by Crippen LogP contribution is 2.32. The van der Waals surface area contributed by atoms with Gasteiger partial charge in [-0.05, 0) is 12.3 Å². The zero-order valence-corrected chi connectivity index (χ0v) is 11.3. The molecule has 0 aromatic heterocycles. The van der Waals surface area contributed by atoms with Crippen molar-refractivity contribution in [1.29, 1.82) is 0 Å². The number of rotatable bonds is 5. The van der Waals surface area contributed by atoms with Crippen molar-refractivity contribution in [2.24, 2.45) is 5.92 Å². The molecule has 0 saturated heterocycles. The van der Waals surface area contributed by atoms with Gasteiger partial charge in [0.25, 0.3) is 0 Å². The van der Waals surface area contributed by atoms with Crippen LogP contribution in [0.15, 0.2) is 25.3 Å². The van der Waals surface area contributed by atoms with E-state index < -0.39 is 0 Å². The number of hydrogen-bond acceptors (Lipinski definition) is 1. The lowest BCUT2D eigenvalue weighted by atomic mass is 9.81. The summed E-state index contributed by atoms with van der Waals surface area (Å²) in [6, 6.07) is 0. The minimum absolute atomic E-state index is 0.228. The van der Waals surface area contributed by atoms with Gasteiger partial charge in [-0.2, -0.15) is 0 Å². The lowest BCUT2D eigenvalue weighted by Crippen LogP contribution is -2.30. The first-order valence-electron chi connectivity index (χ1n) is 5.58. The monoisotopic (exact) mass is 210 g/mol. The summed E-state index contributed by atoms with van der Waals surface area (Å²) in [5, 5.41) is 0. The molecule has 0 N–H and O–H groups in total. The van der Waals surface area contributed by atoms with Crippen molar-refractivity contribution in [2.45, 2.75) is 44.1 Å². The summed E-state index contributed by atoms with van der Waals surface area (Å²) in [5.41, 5.74) is -0.228. The second kappa shape index (κ2) is 5.52. The average Bonchev–Trinajstić information content (AvgIpc) is 2.28. The van der Waals surface area contributed by atoms with E-state index in [4.69, 9.17) is 4.43 Å². The molecular formula is C12H22OSi. The standard InChI is InChI=1S/C12H22OSi/c1-3-12(4-2,13-14)10-11-8-6-5-7-9-11/h3-4,11H,1-2,5-10H2,14H3. The van der Waals surface area contributed by atoms with Crippen LogP contribution in [0.25, 0.3) is 0 Å². The van der Waals surface area contributed by atoms with Gasteiger partial charge in [0, 0.05) is 0 Å². The highest BCUT2D eigenvalue weighted by atomic mass is 28.2. The van der Waals surface area contributed by atoms with E-state index in [-0.39, 0.29) is 5.60 Å². The van der Waals surface area contributed by atoms with Gasteiger partial charge in [0.05, 0.1) is 5.60 Å². The van der Waals surface area contributed by atoms with Gasteiger partial charge in [0.1, 0.15) is 10.5 Å². The predicted molar refractivity (Wildman–Crippen MR) is 65.3 cm³/mol. The van der Waals surface area contributed by atoms with Gasteiger partial charge in [-0.1, -0.05) is 57.4 Å². The Bertz CT molecular complexity index is 186. The van der Waals surface area contributed by atoms with Crippen LogP contribution in [0.3, 0.4) is 0 Å². The molecule has 1 rings (SSSR count). The average molecular weight is 210 g/mol. The van der Waals surface area contributed by atoms with Crippen molar-refractivity contribution in [2.75, 3.05) is 0 Å². The Morgan fingerprint density at radius 1 is 1.21 bits per heavy atom. The lowest BCUT2D eigenvalue weighted by Gasteiger charge is -2.32. The summed E-state index contributed by atoms with van der Waals surface area (Å²) in [5.74, 6) is 0.814. The zero-order chi connectivity index (χ0) is 10.4. The molecule has 1 saturated carbocycles. The molecule has 0 amide bonds. The zero-order valence-electron chi connectivity index (χ0n) is 9.30. The van der Waals surface area contributed by atoms with Crippen molar-refractivity contribution in [1.82, 2.24) is 0 Å². The van der Waals surface area contributed by atoms with Crippen molar-refractivity contribution < 1.29 is 4.43 Å². The molecule has 0 unspecified atom stereocenters. The Hall–Kier alpha value is -0.343. The maximum atomic E-state index is 5.64. The SMILES string of the molecule is C=CC(C=C)(CC1CCCCC1)O[SiH3]. The Morgan fingerprint density at radius 3 is 2.21 bits per heavy atom. The fourth-order valence-corrected chi connectivity index (χ4v) is 2.84. The van der Waals surface area contributed by atoms with Crippen LogP contribution >= 0.6 is 0 Å². The highest BCUT2D eigenvalue weighted by molar-refractivity contribution is 5.98. The molecule has 1 fully saturated rings. The normalized spacial score (nSPS) is 19.4. The molecule has 80 valence electrons. The van der Waals surface area contributed by atoms with E-state index in [0.29, 0.717) is 0 Å². The third kappa shape index (κ3) is 2.82. The maximum Gasteiger partial charge on any atom is 0.147 e. The maximum absolute atomic E-state index is 5.64. The number of hydrogen-bond donors (Lipinski definition) is 0. The second-order valence-electron chi connectivity index (χ2n) is 4.28. The molecule has 0 aromatic rings. The van der Waals surface area contributed by atoms with E-state index in [1.54, 1.807) is 0 Å². The smallest absolute Gasteiger partial charge is 0.147 e. The third-order valence-corrected chi connectivity index (χ3v) is 4.16. The first kappa shape index (κ1) is 11.7. The van der Waals surface area contributed by atoms with E-state index in [2.05, 4.69) is 13.2 Å². The van der Waals surface area contributed by atoms with Crippen molar-refractivity contribution in [3.63, 3.8) is 0 Å². The molecule has 0 aliphatic heterocycles. The van der Waals surface area contributed by atoms with Crippen molar-refractivity contribution >= 4 is 10.5 Å². The van der Waals surface area contributed by atoms with Crippen LogP contribution < -0.4 is 0 Å². The first-order valence-corrected chi connectivity index (χ1v) is 6.40. The van der Waals surface area contributed by atoms with Gasteiger partial charge in [-0.15, -0.1) is 0 Å². The van der Waals surface area contributed by atoms with Crippen LogP contribution in [-0.2, 0) is 4.43 Å². The van der Waals surface area contributed by atoms with Gasteiger partial charge in [-0.25, -0.2) is 0 Å². The lowest BCUT2D eigenvalue weighted by molar-refractivity contribution is 0.138. The molecule has 0 radical (unpaired) electrons. The van der Waals surface area contributed by atoms with Gasteiger partial charge in [0.2, 0.25) is 0 Å². The molecule has 0 heterocycles. The largest absolute Gasteiger partial charge is 0.416 e. The first-order chi connectivity index (χ1) is 6.76. The summed E-state index contributed by atoms with van der Waals surface area (Å²) in [6.07, 6.45) is 11.8. The molecule has 14 heavy (non-hydrogen) atoms. The molecule has 2 heteroatoms. The summed E-state index contributed by atoms with van der Waals surface area (Å²) in [4.78, 5) is 0. The van der Waals surface area contributed by atoms with E-state index in [1.165, 1.54) is 32.1 Å². The van der Waals surface area contributed by atoms with E-state index in [1.807, 2.05) is 12.2 Å². The van der Waals surface area contributed by atoms with Gasteiger partial charge >= 0.3 is 0 Å². The Labute approximate surface area is 90.8 Å². The fraction of sp³-hybridized carbons (Fsp3) is 0.667. The van der Waals surface area contributed by atoms with Crippen LogP contribution in [0.4, 0.5) is 0 Å². The molecule has 0 bridgehead atoms. The summed E-state index contributed by atoms with van der Waals surface area (Å²) in [7, 11) is 0.753. The Morgan fingerprint density at radius 2 is 1.79 bits per heavy atom. The molecule has 1 nitrogen and oxygen atoms in total.